The zero-order valence-electron chi connectivity index (χ0n) is 20.9. The topological polar surface area (TPSA) is 75.8 Å². The molecule has 0 saturated heterocycles. The molecule has 5 nitrogen and oxygen atoms in total. The lowest BCUT2D eigenvalue weighted by molar-refractivity contribution is 0.0778. The van der Waals surface area contributed by atoms with Gasteiger partial charge in [-0.15, -0.1) is 0 Å². The Morgan fingerprint density at radius 1 is 1.21 bits per heavy atom. The fraction of sp³-hybridized carbons (Fsp3) is 0.552. The van der Waals surface area contributed by atoms with E-state index in [1.54, 1.807) is 4.90 Å². The number of carbonyl (C=O) groups excluding carboxylic acids is 1. The predicted molar refractivity (Wildman–Crippen MR) is 136 cm³/mol. The first-order valence-electron chi connectivity index (χ1n) is 12.8. The Morgan fingerprint density at radius 3 is 2.76 bits per heavy atom. The van der Waals surface area contributed by atoms with E-state index in [2.05, 4.69) is 32.0 Å². The zero-order valence-corrected chi connectivity index (χ0v) is 20.9. The Labute approximate surface area is 204 Å². The molecule has 0 radical (unpaired) electrons. The number of aliphatic hydroxyl groups is 1. The van der Waals surface area contributed by atoms with Crippen molar-refractivity contribution in [3.63, 3.8) is 0 Å². The fourth-order valence-electron chi connectivity index (χ4n) is 5.62. The van der Waals surface area contributed by atoms with Crippen molar-refractivity contribution in [3.8, 4) is 5.75 Å². The van der Waals surface area contributed by atoms with E-state index in [0.717, 1.165) is 50.8 Å². The molecule has 3 N–H and O–H groups in total. The van der Waals surface area contributed by atoms with Crippen LogP contribution in [0.3, 0.4) is 0 Å². The first-order chi connectivity index (χ1) is 16.3. The molecule has 3 atom stereocenters. The highest BCUT2D eigenvalue weighted by Gasteiger charge is 2.36. The van der Waals surface area contributed by atoms with Gasteiger partial charge in [0.15, 0.2) is 0 Å². The van der Waals surface area contributed by atoms with Gasteiger partial charge in [0, 0.05) is 24.7 Å². The number of amides is 1. The Morgan fingerprint density at radius 2 is 2.03 bits per heavy atom. The van der Waals surface area contributed by atoms with E-state index in [1.165, 1.54) is 16.7 Å². The summed E-state index contributed by atoms with van der Waals surface area (Å²) in [5.41, 5.74) is 10.8. The van der Waals surface area contributed by atoms with Crippen LogP contribution in [0.1, 0.15) is 72.5 Å². The fourth-order valence-corrected chi connectivity index (χ4v) is 5.62. The molecule has 1 amide bonds. The molecule has 1 fully saturated rings. The average molecular weight is 465 g/mol. The summed E-state index contributed by atoms with van der Waals surface area (Å²) < 4.78 is 6.14. The van der Waals surface area contributed by atoms with Gasteiger partial charge in [-0.25, -0.2) is 0 Å². The maximum absolute atomic E-state index is 12.7. The molecule has 0 spiro atoms. The molecule has 34 heavy (non-hydrogen) atoms. The molecule has 0 bridgehead atoms. The van der Waals surface area contributed by atoms with E-state index in [-0.39, 0.29) is 12.5 Å². The lowest BCUT2D eigenvalue weighted by atomic mass is 9.82. The number of aliphatic hydroxyl groups excluding tert-OH is 1. The van der Waals surface area contributed by atoms with Crippen LogP contribution in [-0.4, -0.2) is 48.3 Å². The molecule has 2 aromatic carbocycles. The summed E-state index contributed by atoms with van der Waals surface area (Å²) >= 11 is 0. The van der Waals surface area contributed by atoms with Crippen LogP contribution in [0, 0.1) is 11.8 Å². The van der Waals surface area contributed by atoms with Gasteiger partial charge in [0.25, 0.3) is 5.91 Å². The summed E-state index contributed by atoms with van der Waals surface area (Å²) in [4.78, 5) is 14.5. The van der Waals surface area contributed by atoms with Gasteiger partial charge in [-0.05, 0) is 91.2 Å². The molecule has 5 heteroatoms. The van der Waals surface area contributed by atoms with Gasteiger partial charge >= 0.3 is 0 Å². The Hall–Kier alpha value is -2.37. The molecule has 2 aliphatic carbocycles. The number of benzene rings is 2. The van der Waals surface area contributed by atoms with Crippen molar-refractivity contribution in [2.75, 3.05) is 26.8 Å². The second kappa shape index (κ2) is 10.5. The standard InChI is InChI=1S/C29H40N2O3/c1-20(2)17-31(3)28(33)25-5-4-6-27(15-25)34-18-21-7-8-23-14-24(10-9-22(23)13-21)26-11-12-29(30,16-26)19-32/h4-6,9-10,14-15,20-21,26,32H,7-8,11-13,16-19,30H2,1-3H3/t21-,26+,29-/m1/s1. The van der Waals surface area contributed by atoms with E-state index >= 15 is 0 Å². The van der Waals surface area contributed by atoms with Crippen LogP contribution in [0.2, 0.25) is 0 Å². The number of aryl methyl sites for hydroxylation is 1. The molecule has 2 aromatic rings. The van der Waals surface area contributed by atoms with Gasteiger partial charge in [0.05, 0.1) is 13.2 Å². The molecular formula is C29H40N2O3. The highest BCUT2D eigenvalue weighted by Crippen LogP contribution is 2.40. The van der Waals surface area contributed by atoms with Crippen LogP contribution in [0.25, 0.3) is 0 Å². The third-order valence-electron chi connectivity index (χ3n) is 7.54. The summed E-state index contributed by atoms with van der Waals surface area (Å²) in [7, 11) is 1.85. The highest BCUT2D eigenvalue weighted by molar-refractivity contribution is 5.94. The van der Waals surface area contributed by atoms with Crippen molar-refractivity contribution in [1.82, 2.24) is 4.90 Å². The zero-order chi connectivity index (χ0) is 24.3. The number of ether oxygens (including phenoxy) is 1. The Balaban J connectivity index is 1.33. The smallest absolute Gasteiger partial charge is 0.253 e. The number of nitrogens with zero attached hydrogens (tertiary/aromatic N) is 1. The van der Waals surface area contributed by atoms with Crippen LogP contribution >= 0.6 is 0 Å². The molecule has 1 saturated carbocycles. The minimum absolute atomic E-state index is 0.0367. The summed E-state index contributed by atoms with van der Waals surface area (Å²) in [6.45, 7) is 5.70. The molecule has 0 aliphatic heterocycles. The first kappa shape index (κ1) is 24.7. The minimum Gasteiger partial charge on any atom is -0.493 e. The minimum atomic E-state index is -0.408. The van der Waals surface area contributed by atoms with Gasteiger partial charge in [-0.3, -0.25) is 4.79 Å². The van der Waals surface area contributed by atoms with Crippen molar-refractivity contribution < 1.29 is 14.6 Å². The largest absolute Gasteiger partial charge is 0.493 e. The molecular weight excluding hydrogens is 424 g/mol. The number of rotatable bonds is 8. The van der Waals surface area contributed by atoms with E-state index in [0.29, 0.717) is 29.9 Å². The van der Waals surface area contributed by atoms with Crippen molar-refractivity contribution in [1.29, 1.82) is 0 Å². The molecule has 4 rings (SSSR count). The number of hydrogen-bond donors (Lipinski definition) is 2. The van der Waals surface area contributed by atoms with E-state index in [4.69, 9.17) is 10.5 Å². The van der Waals surface area contributed by atoms with E-state index in [9.17, 15) is 9.90 Å². The normalized spacial score (nSPS) is 24.2. The van der Waals surface area contributed by atoms with Gasteiger partial charge in [-0.1, -0.05) is 38.1 Å². The molecule has 2 aliphatic rings. The van der Waals surface area contributed by atoms with E-state index in [1.807, 2.05) is 31.3 Å². The van der Waals surface area contributed by atoms with Gasteiger partial charge in [0.2, 0.25) is 0 Å². The number of carbonyl (C=O) groups is 1. The maximum Gasteiger partial charge on any atom is 0.253 e. The lowest BCUT2D eigenvalue weighted by Gasteiger charge is -2.26. The number of hydrogen-bond acceptors (Lipinski definition) is 4. The lowest BCUT2D eigenvalue weighted by Crippen LogP contribution is -2.40. The van der Waals surface area contributed by atoms with Crippen molar-refractivity contribution in [2.45, 2.75) is 63.8 Å². The molecule has 0 aromatic heterocycles. The SMILES string of the molecule is CC(C)CN(C)C(=O)c1cccc(OC[C@@H]2CCc3cc([C@H]4CC[C@](N)(CO)C4)ccc3C2)c1. The van der Waals surface area contributed by atoms with Crippen LogP contribution in [0.4, 0.5) is 0 Å². The summed E-state index contributed by atoms with van der Waals surface area (Å²) in [6, 6.07) is 14.5. The van der Waals surface area contributed by atoms with Crippen LogP contribution in [-0.2, 0) is 12.8 Å². The van der Waals surface area contributed by atoms with Crippen LogP contribution in [0.5, 0.6) is 5.75 Å². The Kier molecular flexibility index (Phi) is 7.63. The van der Waals surface area contributed by atoms with Crippen molar-refractivity contribution in [3.05, 3.63) is 64.7 Å². The summed E-state index contributed by atoms with van der Waals surface area (Å²) in [5, 5.41) is 9.59. The Bertz CT molecular complexity index is 1000. The second-order valence-electron chi connectivity index (χ2n) is 11.0. The molecule has 0 heterocycles. The van der Waals surface area contributed by atoms with E-state index < -0.39 is 5.54 Å². The van der Waals surface area contributed by atoms with Gasteiger partial charge in [0.1, 0.15) is 5.75 Å². The summed E-state index contributed by atoms with van der Waals surface area (Å²) in [5.74, 6) is 2.17. The van der Waals surface area contributed by atoms with Crippen LogP contribution in [0.15, 0.2) is 42.5 Å². The number of fused-ring (bicyclic) bond motifs is 1. The molecule has 0 unspecified atom stereocenters. The number of nitrogens with two attached hydrogens (primary N) is 1. The second-order valence-corrected chi connectivity index (χ2v) is 11.0. The van der Waals surface area contributed by atoms with Gasteiger partial charge in [-0.2, -0.15) is 0 Å². The maximum atomic E-state index is 12.7. The quantitative estimate of drug-likeness (QED) is 0.601. The van der Waals surface area contributed by atoms with Gasteiger partial charge < -0.3 is 20.5 Å². The van der Waals surface area contributed by atoms with Crippen molar-refractivity contribution in [2.24, 2.45) is 17.6 Å². The summed E-state index contributed by atoms with van der Waals surface area (Å²) in [6.07, 6.45) is 6.01. The highest BCUT2D eigenvalue weighted by atomic mass is 16.5. The molecule has 184 valence electrons. The van der Waals surface area contributed by atoms with Crippen LogP contribution < -0.4 is 10.5 Å². The monoisotopic (exact) mass is 464 g/mol. The predicted octanol–water partition coefficient (Wildman–Crippen LogP) is 4.56. The third-order valence-corrected chi connectivity index (χ3v) is 7.54. The third kappa shape index (κ3) is 5.81. The van der Waals surface area contributed by atoms with Crippen molar-refractivity contribution >= 4 is 5.91 Å². The first-order valence-corrected chi connectivity index (χ1v) is 12.8. The average Bonchev–Trinajstić information content (AvgIpc) is 3.24.